The maximum atomic E-state index is 13.2. The number of phosphoric ester groups is 2. The number of carbonyl (C=O) groups excluding carboxylic acids is 4. The Balaban J connectivity index is 5.18. The third-order valence-electron chi connectivity index (χ3n) is 20.7. The molecular formula is C88H172O17P2. The fraction of sp³-hybridized carbons (Fsp3) is 0.955. The van der Waals surface area contributed by atoms with E-state index in [0.717, 1.165) is 108 Å². The predicted octanol–water partition coefficient (Wildman–Crippen LogP) is 27.0. The summed E-state index contributed by atoms with van der Waals surface area (Å²) in [5, 5.41) is 10.7. The molecule has 0 fully saturated rings. The van der Waals surface area contributed by atoms with Crippen LogP contribution in [-0.2, 0) is 65.4 Å². The highest BCUT2D eigenvalue weighted by molar-refractivity contribution is 7.47. The molecule has 2 unspecified atom stereocenters. The Morgan fingerprint density at radius 3 is 0.636 bits per heavy atom. The number of unbranched alkanes of at least 4 members (excludes halogenated alkanes) is 57. The highest BCUT2D eigenvalue weighted by Gasteiger charge is 2.30. The number of phosphoric acid groups is 2. The number of carbonyl (C=O) groups is 4. The minimum atomic E-state index is -4.97. The average Bonchev–Trinajstić information content (AvgIpc) is 0.907. The van der Waals surface area contributed by atoms with Crippen molar-refractivity contribution in [2.45, 2.75) is 490 Å². The molecule has 636 valence electrons. The van der Waals surface area contributed by atoms with E-state index in [9.17, 15) is 43.2 Å². The molecule has 0 saturated heterocycles. The molecule has 107 heavy (non-hydrogen) atoms. The minimum Gasteiger partial charge on any atom is -0.462 e. The maximum Gasteiger partial charge on any atom is 0.472 e. The summed E-state index contributed by atoms with van der Waals surface area (Å²) in [6.45, 7) is 9.72. The van der Waals surface area contributed by atoms with Crippen molar-refractivity contribution in [1.29, 1.82) is 0 Å². The SMILES string of the molecule is CCCCCCCCCCCCCCCCCCCCCCCC(=O)O[C@H](COC(=O)CCCCCCCCCCCCCCCCCCC(C)C)COP(=O)(O)OC[C@@H](O)COP(=O)(O)OC[C@@H](COC(=O)CCCCCCCCCC)OC(=O)CCCCCCCCCCCCCCCCCCC(C)C. The topological polar surface area (TPSA) is 237 Å². The van der Waals surface area contributed by atoms with Gasteiger partial charge in [0.05, 0.1) is 26.4 Å². The van der Waals surface area contributed by atoms with Gasteiger partial charge >= 0.3 is 39.5 Å². The first-order valence-corrected chi connectivity index (χ1v) is 48.5. The molecule has 0 saturated carbocycles. The molecule has 19 heteroatoms. The summed E-state index contributed by atoms with van der Waals surface area (Å²) in [4.78, 5) is 73.2. The van der Waals surface area contributed by atoms with Crippen molar-refractivity contribution in [1.82, 2.24) is 0 Å². The van der Waals surface area contributed by atoms with E-state index in [1.807, 2.05) is 0 Å². The molecule has 0 aliphatic heterocycles. The molecule has 0 aromatic carbocycles. The van der Waals surface area contributed by atoms with Gasteiger partial charge < -0.3 is 33.8 Å². The van der Waals surface area contributed by atoms with Crippen molar-refractivity contribution in [3.05, 3.63) is 0 Å². The van der Waals surface area contributed by atoms with Crippen molar-refractivity contribution in [3.63, 3.8) is 0 Å². The summed E-state index contributed by atoms with van der Waals surface area (Å²) in [7, 11) is -9.93. The molecule has 0 aromatic rings. The molecule has 0 rings (SSSR count). The summed E-state index contributed by atoms with van der Waals surface area (Å²) < 4.78 is 68.9. The van der Waals surface area contributed by atoms with Crippen LogP contribution in [0.4, 0.5) is 0 Å². The van der Waals surface area contributed by atoms with Crippen molar-refractivity contribution in [3.8, 4) is 0 Å². The van der Waals surface area contributed by atoms with Crippen LogP contribution in [0, 0.1) is 11.8 Å². The summed E-state index contributed by atoms with van der Waals surface area (Å²) in [6, 6.07) is 0. The van der Waals surface area contributed by atoms with Gasteiger partial charge in [0.25, 0.3) is 0 Å². The van der Waals surface area contributed by atoms with E-state index < -0.39 is 97.5 Å². The molecule has 0 aliphatic carbocycles. The van der Waals surface area contributed by atoms with Crippen LogP contribution in [0.5, 0.6) is 0 Å². The smallest absolute Gasteiger partial charge is 0.462 e. The van der Waals surface area contributed by atoms with Crippen LogP contribution in [0.1, 0.15) is 472 Å². The monoisotopic (exact) mass is 1560 g/mol. The van der Waals surface area contributed by atoms with Gasteiger partial charge in [-0.15, -0.1) is 0 Å². The van der Waals surface area contributed by atoms with Gasteiger partial charge in [-0.3, -0.25) is 37.3 Å². The Kier molecular flexibility index (Phi) is 77.9. The standard InChI is InChI=1S/C88H172O17P2/c1-7-9-11-13-15-17-18-19-20-21-22-23-24-25-33-38-43-48-54-60-66-73-88(93)105-84(77-99-86(91)71-65-59-53-47-42-37-32-28-26-30-35-40-45-50-56-62-68-80(3)4)79-103-107(96,97)101-75-82(89)74-100-106(94,95)102-78-83(76-98-85(90)70-64-58-52-16-14-12-10-8-2)104-87(92)72-67-61-55-49-44-39-34-29-27-31-36-41-46-51-57-63-69-81(5)6/h80-84,89H,7-79H2,1-6H3,(H,94,95)(H,96,97)/t82-,83+,84+/m0/s1. The summed E-state index contributed by atoms with van der Waals surface area (Å²) in [6.07, 6.45) is 72.4. The van der Waals surface area contributed by atoms with Gasteiger partial charge in [-0.05, 0) is 37.5 Å². The molecule has 0 bridgehead atoms. The molecule has 5 atom stereocenters. The fourth-order valence-electron chi connectivity index (χ4n) is 13.8. The zero-order chi connectivity index (χ0) is 78.5. The number of hydrogen-bond donors (Lipinski definition) is 3. The summed E-state index contributed by atoms with van der Waals surface area (Å²) in [5.74, 6) is -0.480. The molecule has 17 nitrogen and oxygen atoms in total. The number of hydrogen-bond acceptors (Lipinski definition) is 15. The lowest BCUT2D eigenvalue weighted by Gasteiger charge is -2.21. The highest BCUT2D eigenvalue weighted by atomic mass is 31.2. The van der Waals surface area contributed by atoms with Gasteiger partial charge in [0.2, 0.25) is 0 Å². The Hall–Kier alpha value is -1.94. The second kappa shape index (κ2) is 79.3. The average molecular weight is 1560 g/mol. The van der Waals surface area contributed by atoms with Gasteiger partial charge in [-0.1, -0.05) is 420 Å². The number of esters is 4. The van der Waals surface area contributed by atoms with Gasteiger partial charge in [-0.25, -0.2) is 9.13 Å². The molecule has 0 aromatic heterocycles. The Labute approximate surface area is 658 Å². The lowest BCUT2D eigenvalue weighted by Crippen LogP contribution is -2.30. The Bertz CT molecular complexity index is 2050. The molecule has 0 amide bonds. The molecular weight excluding hydrogens is 1390 g/mol. The summed E-state index contributed by atoms with van der Waals surface area (Å²) in [5.41, 5.74) is 0. The van der Waals surface area contributed by atoms with Crippen LogP contribution >= 0.6 is 15.6 Å². The second-order valence-electron chi connectivity index (χ2n) is 32.6. The number of aliphatic hydroxyl groups excluding tert-OH is 1. The van der Waals surface area contributed by atoms with Crippen molar-refractivity contribution >= 4 is 39.5 Å². The normalized spacial score (nSPS) is 13.8. The Morgan fingerprint density at radius 1 is 0.252 bits per heavy atom. The Morgan fingerprint density at radius 2 is 0.430 bits per heavy atom. The highest BCUT2D eigenvalue weighted by Crippen LogP contribution is 2.45. The first-order chi connectivity index (χ1) is 51.9. The fourth-order valence-corrected chi connectivity index (χ4v) is 15.4. The number of ether oxygens (including phenoxy) is 4. The van der Waals surface area contributed by atoms with Crippen LogP contribution < -0.4 is 0 Å². The lowest BCUT2D eigenvalue weighted by molar-refractivity contribution is -0.161. The lowest BCUT2D eigenvalue weighted by atomic mass is 10.0. The van der Waals surface area contributed by atoms with E-state index in [0.29, 0.717) is 25.7 Å². The molecule has 0 aliphatic rings. The van der Waals surface area contributed by atoms with E-state index in [1.165, 1.54) is 283 Å². The van der Waals surface area contributed by atoms with Gasteiger partial charge in [0.1, 0.15) is 19.3 Å². The van der Waals surface area contributed by atoms with E-state index in [2.05, 4.69) is 41.5 Å². The first-order valence-electron chi connectivity index (χ1n) is 45.5. The molecule has 3 N–H and O–H groups in total. The van der Waals surface area contributed by atoms with Crippen LogP contribution in [0.25, 0.3) is 0 Å². The zero-order valence-electron chi connectivity index (χ0n) is 70.5. The van der Waals surface area contributed by atoms with Crippen molar-refractivity contribution in [2.24, 2.45) is 11.8 Å². The van der Waals surface area contributed by atoms with Crippen LogP contribution in [-0.4, -0.2) is 96.7 Å². The van der Waals surface area contributed by atoms with Crippen LogP contribution in [0.2, 0.25) is 0 Å². The van der Waals surface area contributed by atoms with E-state index in [1.54, 1.807) is 0 Å². The molecule has 0 spiro atoms. The van der Waals surface area contributed by atoms with E-state index >= 15 is 0 Å². The van der Waals surface area contributed by atoms with E-state index in [-0.39, 0.29) is 25.7 Å². The quantitative estimate of drug-likeness (QED) is 0.0222. The first kappa shape index (κ1) is 105. The van der Waals surface area contributed by atoms with E-state index in [4.69, 9.17) is 37.0 Å². The second-order valence-corrected chi connectivity index (χ2v) is 35.5. The third kappa shape index (κ3) is 81.9. The minimum absolute atomic E-state index is 0.108. The van der Waals surface area contributed by atoms with Crippen molar-refractivity contribution in [2.75, 3.05) is 39.6 Å². The van der Waals surface area contributed by atoms with Crippen LogP contribution in [0.3, 0.4) is 0 Å². The number of aliphatic hydroxyl groups is 1. The van der Waals surface area contributed by atoms with Crippen LogP contribution in [0.15, 0.2) is 0 Å². The summed E-state index contributed by atoms with van der Waals surface area (Å²) >= 11 is 0. The molecule has 0 radical (unpaired) electrons. The largest absolute Gasteiger partial charge is 0.472 e. The van der Waals surface area contributed by atoms with Crippen molar-refractivity contribution < 1.29 is 80.2 Å². The zero-order valence-corrected chi connectivity index (χ0v) is 72.2. The number of rotatable bonds is 87. The maximum absolute atomic E-state index is 13.2. The van der Waals surface area contributed by atoms with Gasteiger partial charge in [-0.2, -0.15) is 0 Å². The third-order valence-corrected chi connectivity index (χ3v) is 22.6. The van der Waals surface area contributed by atoms with Gasteiger partial charge in [0, 0.05) is 25.7 Å². The van der Waals surface area contributed by atoms with Gasteiger partial charge in [0.15, 0.2) is 12.2 Å². The predicted molar refractivity (Wildman–Crippen MR) is 442 cm³/mol. The molecule has 0 heterocycles.